The van der Waals surface area contributed by atoms with Crippen LogP contribution in [-0.2, 0) is 11.3 Å². The van der Waals surface area contributed by atoms with Gasteiger partial charge < -0.3 is 16.2 Å². The van der Waals surface area contributed by atoms with E-state index in [0.717, 1.165) is 6.07 Å². The van der Waals surface area contributed by atoms with Crippen molar-refractivity contribution in [2.24, 2.45) is 0 Å². The van der Waals surface area contributed by atoms with Gasteiger partial charge in [0, 0.05) is 0 Å². The molecule has 2 rings (SSSR count). The summed E-state index contributed by atoms with van der Waals surface area (Å²) in [6.07, 6.45) is 0. The van der Waals surface area contributed by atoms with Crippen molar-refractivity contribution in [3.05, 3.63) is 41.5 Å². The van der Waals surface area contributed by atoms with Crippen LogP contribution < -0.4 is 11.5 Å². The van der Waals surface area contributed by atoms with Gasteiger partial charge in [0.1, 0.15) is 5.82 Å². The van der Waals surface area contributed by atoms with Crippen LogP contribution in [-0.4, -0.2) is 20.9 Å². The normalized spacial score (nSPS) is 10.2. The van der Waals surface area contributed by atoms with E-state index in [1.807, 2.05) is 0 Å². The van der Waals surface area contributed by atoms with Crippen molar-refractivity contribution in [2.75, 3.05) is 11.5 Å². The molecule has 0 aliphatic carbocycles. The Morgan fingerprint density at radius 1 is 1.21 bits per heavy atom. The first-order chi connectivity index (χ1) is 9.04. The summed E-state index contributed by atoms with van der Waals surface area (Å²) in [5, 5.41) is 0. The number of nitrogens with two attached hydrogens (primary N) is 2. The van der Waals surface area contributed by atoms with Gasteiger partial charge >= 0.3 is 5.97 Å². The fraction of sp³-hybridized carbons (Fsp3) is 0.0909. The second-order valence-corrected chi connectivity index (χ2v) is 3.55. The second kappa shape index (κ2) is 5.25. The first kappa shape index (κ1) is 12.7. The molecule has 98 valence electrons. The molecule has 1 aromatic heterocycles. The molecule has 0 bridgehead atoms. The standard InChI is InChI=1S/C11H10FN5O2/c12-7-3-1-2-6(4-7)9(18)19-5-8-15-10(13)17-11(14)16-8/h1-4H,5H2,(H4,13,14,15,16,17). The van der Waals surface area contributed by atoms with E-state index in [1.165, 1.54) is 18.2 Å². The second-order valence-electron chi connectivity index (χ2n) is 3.55. The minimum absolute atomic E-state index is 0.0655. The van der Waals surface area contributed by atoms with E-state index in [9.17, 15) is 9.18 Å². The summed E-state index contributed by atoms with van der Waals surface area (Å²) in [4.78, 5) is 22.7. The van der Waals surface area contributed by atoms with Crippen LogP contribution >= 0.6 is 0 Å². The molecule has 19 heavy (non-hydrogen) atoms. The molecule has 0 saturated carbocycles. The van der Waals surface area contributed by atoms with Crippen LogP contribution in [0, 0.1) is 5.82 Å². The number of esters is 1. The lowest BCUT2D eigenvalue weighted by Crippen LogP contribution is -2.11. The SMILES string of the molecule is Nc1nc(N)nc(COC(=O)c2cccc(F)c2)n1. The van der Waals surface area contributed by atoms with Crippen LogP contribution in [0.3, 0.4) is 0 Å². The number of carbonyl (C=O) groups excluding carboxylic acids is 1. The van der Waals surface area contributed by atoms with Gasteiger partial charge in [-0.05, 0) is 18.2 Å². The molecule has 7 nitrogen and oxygen atoms in total. The highest BCUT2D eigenvalue weighted by molar-refractivity contribution is 5.89. The quantitative estimate of drug-likeness (QED) is 0.775. The van der Waals surface area contributed by atoms with Crippen molar-refractivity contribution in [1.29, 1.82) is 0 Å². The molecule has 0 radical (unpaired) electrons. The van der Waals surface area contributed by atoms with Crippen molar-refractivity contribution < 1.29 is 13.9 Å². The average Bonchev–Trinajstić information content (AvgIpc) is 2.35. The van der Waals surface area contributed by atoms with E-state index in [2.05, 4.69) is 15.0 Å². The van der Waals surface area contributed by atoms with Crippen LogP contribution in [0.2, 0.25) is 0 Å². The van der Waals surface area contributed by atoms with Crippen molar-refractivity contribution in [1.82, 2.24) is 15.0 Å². The topological polar surface area (TPSA) is 117 Å². The van der Waals surface area contributed by atoms with E-state index in [0.29, 0.717) is 0 Å². The third-order valence-electron chi connectivity index (χ3n) is 2.11. The zero-order chi connectivity index (χ0) is 13.8. The molecule has 4 N–H and O–H groups in total. The third-order valence-corrected chi connectivity index (χ3v) is 2.11. The zero-order valence-electron chi connectivity index (χ0n) is 9.71. The molecule has 1 heterocycles. The summed E-state index contributed by atoms with van der Waals surface area (Å²) in [6, 6.07) is 5.13. The molecule has 1 aromatic carbocycles. The number of benzene rings is 1. The minimum atomic E-state index is -0.697. The van der Waals surface area contributed by atoms with Gasteiger partial charge in [0.05, 0.1) is 5.56 Å². The first-order valence-corrected chi connectivity index (χ1v) is 5.23. The van der Waals surface area contributed by atoms with Gasteiger partial charge in [-0.1, -0.05) is 6.07 Å². The lowest BCUT2D eigenvalue weighted by Gasteiger charge is -2.04. The van der Waals surface area contributed by atoms with Crippen LogP contribution in [0.4, 0.5) is 16.3 Å². The molecule has 0 unspecified atom stereocenters. The maximum absolute atomic E-state index is 12.9. The van der Waals surface area contributed by atoms with E-state index >= 15 is 0 Å². The number of nitrogens with zero attached hydrogens (tertiary/aromatic N) is 3. The highest BCUT2D eigenvalue weighted by Gasteiger charge is 2.10. The monoisotopic (exact) mass is 263 g/mol. The van der Waals surface area contributed by atoms with Crippen molar-refractivity contribution in [3.63, 3.8) is 0 Å². The summed E-state index contributed by atoms with van der Waals surface area (Å²) in [6.45, 7) is -0.230. The van der Waals surface area contributed by atoms with Gasteiger partial charge in [-0.2, -0.15) is 15.0 Å². The number of nitrogen functional groups attached to an aromatic ring is 2. The molecule has 0 aliphatic rings. The van der Waals surface area contributed by atoms with Gasteiger partial charge in [-0.15, -0.1) is 0 Å². The Labute approximate surface area is 107 Å². The van der Waals surface area contributed by atoms with E-state index in [1.54, 1.807) is 0 Å². The molecular weight excluding hydrogens is 253 g/mol. The van der Waals surface area contributed by atoms with Gasteiger partial charge in [0.15, 0.2) is 12.4 Å². The third kappa shape index (κ3) is 3.35. The lowest BCUT2D eigenvalue weighted by molar-refractivity contribution is 0.0461. The molecule has 0 atom stereocenters. The Morgan fingerprint density at radius 3 is 2.53 bits per heavy atom. The molecule has 0 fully saturated rings. The molecule has 0 spiro atoms. The van der Waals surface area contributed by atoms with E-state index in [-0.39, 0.29) is 29.9 Å². The number of halogens is 1. The number of rotatable bonds is 3. The Balaban J connectivity index is 2.04. The Bertz CT molecular complexity index is 600. The molecular formula is C11H10FN5O2. The maximum Gasteiger partial charge on any atom is 0.338 e. The van der Waals surface area contributed by atoms with E-state index < -0.39 is 11.8 Å². The Morgan fingerprint density at radius 2 is 1.89 bits per heavy atom. The van der Waals surface area contributed by atoms with E-state index in [4.69, 9.17) is 16.2 Å². The predicted octanol–water partition coefficient (Wildman–Crippen LogP) is 0.532. The number of anilines is 2. The highest BCUT2D eigenvalue weighted by Crippen LogP contribution is 2.07. The van der Waals surface area contributed by atoms with Gasteiger partial charge in [-0.25, -0.2) is 9.18 Å². The number of ether oxygens (including phenoxy) is 1. The van der Waals surface area contributed by atoms with Crippen molar-refractivity contribution in [2.45, 2.75) is 6.61 Å². The minimum Gasteiger partial charge on any atom is -0.454 e. The Kier molecular flexibility index (Phi) is 3.51. The predicted molar refractivity (Wildman–Crippen MR) is 64.2 cm³/mol. The molecule has 0 saturated heterocycles. The molecule has 8 heteroatoms. The number of aromatic nitrogens is 3. The highest BCUT2D eigenvalue weighted by atomic mass is 19.1. The van der Waals surface area contributed by atoms with Crippen LogP contribution in [0.25, 0.3) is 0 Å². The molecule has 0 aliphatic heterocycles. The summed E-state index contributed by atoms with van der Waals surface area (Å²) in [5.74, 6) is -1.23. The van der Waals surface area contributed by atoms with Gasteiger partial charge in [0.25, 0.3) is 0 Å². The largest absolute Gasteiger partial charge is 0.454 e. The van der Waals surface area contributed by atoms with Crippen LogP contribution in [0.15, 0.2) is 24.3 Å². The van der Waals surface area contributed by atoms with Gasteiger partial charge in [-0.3, -0.25) is 0 Å². The lowest BCUT2D eigenvalue weighted by atomic mass is 10.2. The Hall–Kier alpha value is -2.77. The summed E-state index contributed by atoms with van der Waals surface area (Å²) >= 11 is 0. The first-order valence-electron chi connectivity index (χ1n) is 5.23. The summed E-state index contributed by atoms with van der Waals surface area (Å²) in [5.41, 5.74) is 10.8. The number of hydrogen-bond acceptors (Lipinski definition) is 7. The van der Waals surface area contributed by atoms with Crippen LogP contribution in [0.1, 0.15) is 16.2 Å². The average molecular weight is 263 g/mol. The molecule has 2 aromatic rings. The van der Waals surface area contributed by atoms with Gasteiger partial charge in [0.2, 0.25) is 11.9 Å². The number of carbonyl (C=O) groups is 1. The maximum atomic E-state index is 12.9. The summed E-state index contributed by atoms with van der Waals surface area (Å²) in [7, 11) is 0. The fourth-order valence-corrected chi connectivity index (χ4v) is 1.35. The van der Waals surface area contributed by atoms with Crippen LogP contribution in [0.5, 0.6) is 0 Å². The zero-order valence-corrected chi connectivity index (χ0v) is 9.71. The fourth-order valence-electron chi connectivity index (χ4n) is 1.35. The summed E-state index contributed by atoms with van der Waals surface area (Å²) < 4.78 is 17.8. The van der Waals surface area contributed by atoms with Crippen molar-refractivity contribution >= 4 is 17.9 Å². The smallest absolute Gasteiger partial charge is 0.338 e. The van der Waals surface area contributed by atoms with Crippen molar-refractivity contribution in [3.8, 4) is 0 Å². The molecule has 0 amide bonds. The number of hydrogen-bond donors (Lipinski definition) is 2.